The first-order chi connectivity index (χ1) is 8.66. The summed E-state index contributed by atoms with van der Waals surface area (Å²) in [6, 6.07) is 4.72. The summed E-state index contributed by atoms with van der Waals surface area (Å²) < 4.78 is 13.5. The third kappa shape index (κ3) is 3.69. The van der Waals surface area contributed by atoms with Crippen molar-refractivity contribution in [1.29, 1.82) is 0 Å². The first-order valence-electron chi connectivity index (χ1n) is 6.81. The number of rotatable bonds is 4. The van der Waals surface area contributed by atoms with E-state index in [4.69, 9.17) is 11.6 Å². The maximum absolute atomic E-state index is 13.5. The maximum Gasteiger partial charge on any atom is 0.127 e. The van der Waals surface area contributed by atoms with Crippen molar-refractivity contribution >= 4 is 11.6 Å². The molecule has 1 aromatic rings. The molecule has 2 rings (SSSR count). The average Bonchev–Trinajstić information content (AvgIpc) is 2.36. The van der Waals surface area contributed by atoms with Crippen LogP contribution in [0.4, 0.5) is 4.39 Å². The molecule has 2 unspecified atom stereocenters. The van der Waals surface area contributed by atoms with Gasteiger partial charge in [-0.15, -0.1) is 0 Å². The summed E-state index contributed by atoms with van der Waals surface area (Å²) in [5.74, 6) is 1.35. The molecule has 0 radical (unpaired) electrons. The van der Waals surface area contributed by atoms with E-state index in [1.807, 2.05) is 0 Å². The van der Waals surface area contributed by atoms with Crippen LogP contribution in [0.15, 0.2) is 18.2 Å². The van der Waals surface area contributed by atoms with Gasteiger partial charge in [0.2, 0.25) is 0 Å². The molecule has 100 valence electrons. The van der Waals surface area contributed by atoms with Gasteiger partial charge in [0, 0.05) is 17.1 Å². The van der Waals surface area contributed by atoms with E-state index in [1.165, 1.54) is 31.7 Å². The number of hydrogen-bond acceptors (Lipinski definition) is 1. The minimum absolute atomic E-state index is 0.177. The van der Waals surface area contributed by atoms with E-state index in [0.29, 0.717) is 17.1 Å². The van der Waals surface area contributed by atoms with Crippen LogP contribution >= 0.6 is 11.6 Å². The van der Waals surface area contributed by atoms with Crippen LogP contribution in [0.2, 0.25) is 5.02 Å². The highest BCUT2D eigenvalue weighted by atomic mass is 35.5. The molecule has 1 aliphatic rings. The summed E-state index contributed by atoms with van der Waals surface area (Å²) in [4.78, 5) is 0. The molecule has 2 atom stereocenters. The molecule has 1 saturated carbocycles. The van der Waals surface area contributed by atoms with Crippen molar-refractivity contribution in [2.75, 3.05) is 6.54 Å². The molecule has 0 spiro atoms. The number of halogens is 2. The van der Waals surface area contributed by atoms with Crippen LogP contribution in [0.1, 0.15) is 38.2 Å². The van der Waals surface area contributed by atoms with Crippen molar-refractivity contribution in [3.05, 3.63) is 34.6 Å². The van der Waals surface area contributed by atoms with Crippen molar-refractivity contribution in [3.63, 3.8) is 0 Å². The van der Waals surface area contributed by atoms with Gasteiger partial charge in [-0.1, -0.05) is 37.8 Å². The highest BCUT2D eigenvalue weighted by Gasteiger charge is 2.20. The molecule has 1 aliphatic carbocycles. The van der Waals surface area contributed by atoms with Crippen molar-refractivity contribution in [3.8, 4) is 0 Å². The highest BCUT2D eigenvalue weighted by Crippen LogP contribution is 2.28. The summed E-state index contributed by atoms with van der Waals surface area (Å²) in [6.07, 6.45) is 5.33. The lowest BCUT2D eigenvalue weighted by Gasteiger charge is -2.28. The molecule has 18 heavy (non-hydrogen) atoms. The van der Waals surface area contributed by atoms with Gasteiger partial charge in [0.25, 0.3) is 0 Å². The van der Waals surface area contributed by atoms with Gasteiger partial charge in [0.1, 0.15) is 5.82 Å². The van der Waals surface area contributed by atoms with Gasteiger partial charge in [-0.05, 0) is 43.0 Å². The Morgan fingerprint density at radius 1 is 1.33 bits per heavy atom. The Morgan fingerprint density at radius 2 is 2.11 bits per heavy atom. The van der Waals surface area contributed by atoms with Crippen molar-refractivity contribution < 1.29 is 4.39 Å². The van der Waals surface area contributed by atoms with E-state index >= 15 is 0 Å². The molecule has 0 saturated heterocycles. The van der Waals surface area contributed by atoms with Gasteiger partial charge in [0.05, 0.1) is 0 Å². The van der Waals surface area contributed by atoms with Crippen LogP contribution in [0, 0.1) is 17.7 Å². The van der Waals surface area contributed by atoms with E-state index in [1.54, 1.807) is 12.1 Å². The molecule has 1 N–H and O–H groups in total. The molecule has 0 bridgehead atoms. The summed E-state index contributed by atoms with van der Waals surface area (Å²) >= 11 is 5.87. The van der Waals surface area contributed by atoms with Gasteiger partial charge in [-0.25, -0.2) is 4.39 Å². The Labute approximate surface area is 114 Å². The van der Waals surface area contributed by atoms with Gasteiger partial charge < -0.3 is 5.32 Å². The van der Waals surface area contributed by atoms with Gasteiger partial charge >= 0.3 is 0 Å². The van der Waals surface area contributed by atoms with E-state index in [2.05, 4.69) is 12.2 Å². The molecule has 0 heterocycles. The van der Waals surface area contributed by atoms with Crippen molar-refractivity contribution in [2.24, 2.45) is 11.8 Å². The first kappa shape index (κ1) is 13.8. The normalized spacial score (nSPS) is 24.2. The zero-order chi connectivity index (χ0) is 13.0. The fourth-order valence-electron chi connectivity index (χ4n) is 2.77. The van der Waals surface area contributed by atoms with E-state index < -0.39 is 0 Å². The lowest BCUT2D eigenvalue weighted by atomic mass is 9.80. The standard InChI is InChI=1S/C15H21ClFN/c1-11-4-2-3-5-12(11)9-18-10-13-8-14(16)6-7-15(13)17/h6-8,11-12,18H,2-5,9-10H2,1H3. The number of hydrogen-bond donors (Lipinski definition) is 1. The second-order valence-corrected chi connectivity index (χ2v) is 5.82. The van der Waals surface area contributed by atoms with E-state index in [-0.39, 0.29) is 5.82 Å². The lowest BCUT2D eigenvalue weighted by molar-refractivity contribution is 0.247. The van der Waals surface area contributed by atoms with Crippen LogP contribution in [0.3, 0.4) is 0 Å². The lowest BCUT2D eigenvalue weighted by Crippen LogP contribution is -2.29. The molecule has 3 heteroatoms. The van der Waals surface area contributed by atoms with E-state index in [9.17, 15) is 4.39 Å². The van der Waals surface area contributed by atoms with Crippen LogP contribution in [0.5, 0.6) is 0 Å². The third-order valence-corrected chi connectivity index (χ3v) is 4.25. The monoisotopic (exact) mass is 269 g/mol. The third-order valence-electron chi connectivity index (χ3n) is 4.02. The zero-order valence-corrected chi connectivity index (χ0v) is 11.6. The van der Waals surface area contributed by atoms with Crippen LogP contribution in [-0.4, -0.2) is 6.54 Å². The average molecular weight is 270 g/mol. The van der Waals surface area contributed by atoms with Crippen molar-refractivity contribution in [1.82, 2.24) is 5.32 Å². The predicted octanol–water partition coefficient (Wildman–Crippen LogP) is 4.40. The summed E-state index contributed by atoms with van der Waals surface area (Å²) in [5.41, 5.74) is 0.658. The quantitative estimate of drug-likeness (QED) is 0.855. The topological polar surface area (TPSA) is 12.0 Å². The zero-order valence-electron chi connectivity index (χ0n) is 10.9. The van der Waals surface area contributed by atoms with Gasteiger partial charge in [-0.2, -0.15) is 0 Å². The minimum Gasteiger partial charge on any atom is -0.312 e. The minimum atomic E-state index is -0.177. The molecule has 1 fully saturated rings. The molecular formula is C15H21ClFN. The highest BCUT2D eigenvalue weighted by molar-refractivity contribution is 6.30. The molecular weight excluding hydrogens is 249 g/mol. The summed E-state index contributed by atoms with van der Waals surface area (Å²) in [5, 5.41) is 3.97. The van der Waals surface area contributed by atoms with Crippen LogP contribution in [-0.2, 0) is 6.54 Å². The predicted molar refractivity (Wildman–Crippen MR) is 74.2 cm³/mol. The Balaban J connectivity index is 1.82. The number of nitrogens with one attached hydrogen (secondary N) is 1. The molecule has 1 nitrogen and oxygen atoms in total. The Morgan fingerprint density at radius 3 is 2.89 bits per heavy atom. The number of benzene rings is 1. The Bertz CT molecular complexity index is 394. The first-order valence-corrected chi connectivity index (χ1v) is 7.19. The van der Waals surface area contributed by atoms with Gasteiger partial charge in [-0.3, -0.25) is 0 Å². The fourth-order valence-corrected chi connectivity index (χ4v) is 2.96. The molecule has 0 aliphatic heterocycles. The summed E-state index contributed by atoms with van der Waals surface area (Å²) in [6.45, 7) is 3.87. The van der Waals surface area contributed by atoms with E-state index in [0.717, 1.165) is 18.4 Å². The largest absolute Gasteiger partial charge is 0.312 e. The van der Waals surface area contributed by atoms with Crippen LogP contribution in [0.25, 0.3) is 0 Å². The second kappa shape index (κ2) is 6.53. The van der Waals surface area contributed by atoms with Crippen molar-refractivity contribution in [2.45, 2.75) is 39.2 Å². The fraction of sp³-hybridized carbons (Fsp3) is 0.600. The molecule has 0 amide bonds. The van der Waals surface area contributed by atoms with Gasteiger partial charge in [0.15, 0.2) is 0 Å². The summed E-state index contributed by atoms with van der Waals surface area (Å²) in [7, 11) is 0. The smallest absolute Gasteiger partial charge is 0.127 e. The van der Waals surface area contributed by atoms with Crippen LogP contribution < -0.4 is 5.32 Å². The SMILES string of the molecule is CC1CCCCC1CNCc1cc(Cl)ccc1F. The Kier molecular flexibility index (Phi) is 5.02. The second-order valence-electron chi connectivity index (χ2n) is 5.39. The maximum atomic E-state index is 13.5. The Hall–Kier alpha value is -0.600. The molecule has 0 aromatic heterocycles. The molecule has 1 aromatic carbocycles.